The van der Waals surface area contributed by atoms with E-state index in [0.29, 0.717) is 18.0 Å². The highest BCUT2D eigenvalue weighted by Gasteiger charge is 2.35. The van der Waals surface area contributed by atoms with Crippen molar-refractivity contribution in [3.8, 4) is 0 Å². The molecule has 1 N–H and O–H groups in total. The highest BCUT2D eigenvalue weighted by molar-refractivity contribution is 7.14. The van der Waals surface area contributed by atoms with E-state index < -0.39 is 17.6 Å². The monoisotopic (exact) mass is 357 g/mol. The maximum atomic E-state index is 12.7. The predicted molar refractivity (Wildman–Crippen MR) is 82.0 cm³/mol. The maximum Gasteiger partial charge on any atom is 0.449 e. The van der Waals surface area contributed by atoms with Gasteiger partial charge in [0.15, 0.2) is 5.78 Å². The van der Waals surface area contributed by atoms with Gasteiger partial charge in [-0.2, -0.15) is 13.2 Å². The minimum atomic E-state index is -4.66. The number of nitrogens with one attached hydrogen (secondary N) is 1. The van der Waals surface area contributed by atoms with E-state index in [-0.39, 0.29) is 30.0 Å². The molecular weight excluding hydrogens is 343 g/mol. The van der Waals surface area contributed by atoms with Crippen LogP contribution >= 0.6 is 11.3 Å². The number of carbonyl (C=O) groups excluding carboxylic acids is 1. The number of hydrogen-bond acceptors (Lipinski definition) is 5. The first-order valence-electron chi connectivity index (χ1n) is 7.25. The molecule has 0 amide bonds. The Morgan fingerprint density at radius 2 is 2.17 bits per heavy atom. The van der Waals surface area contributed by atoms with Crippen LogP contribution in [0.3, 0.4) is 0 Å². The molecule has 2 aromatic heterocycles. The molecule has 0 spiro atoms. The van der Waals surface area contributed by atoms with Crippen LogP contribution in [0.1, 0.15) is 38.6 Å². The number of aromatic nitrogens is 2. The molecule has 0 saturated heterocycles. The van der Waals surface area contributed by atoms with Crippen molar-refractivity contribution in [1.82, 2.24) is 14.9 Å². The molecule has 0 radical (unpaired) electrons. The maximum absolute atomic E-state index is 12.7. The van der Waals surface area contributed by atoms with Crippen LogP contribution in [0.25, 0.3) is 0 Å². The summed E-state index contributed by atoms with van der Waals surface area (Å²) >= 11 is 1.38. The fourth-order valence-electron chi connectivity index (χ4n) is 2.62. The first-order chi connectivity index (χ1) is 11.2. The average Bonchev–Trinajstić information content (AvgIpc) is 2.95. The molecule has 3 heterocycles. The van der Waals surface area contributed by atoms with E-state index in [1.807, 2.05) is 16.0 Å². The van der Waals surface area contributed by atoms with E-state index in [1.54, 1.807) is 6.07 Å². The van der Waals surface area contributed by atoms with Gasteiger partial charge in [0, 0.05) is 30.9 Å². The van der Waals surface area contributed by atoms with Gasteiger partial charge in [0.1, 0.15) is 0 Å². The number of rotatable bonds is 3. The van der Waals surface area contributed by atoms with Crippen molar-refractivity contribution in [2.75, 3.05) is 6.54 Å². The smallest absolute Gasteiger partial charge is 0.303 e. The second-order valence-electron chi connectivity index (χ2n) is 5.62. The lowest BCUT2D eigenvalue weighted by molar-refractivity contribution is -0.145. The van der Waals surface area contributed by atoms with Gasteiger partial charge in [0.05, 0.1) is 16.1 Å². The lowest BCUT2D eigenvalue weighted by atomic mass is 10.1. The first-order valence-corrected chi connectivity index (χ1v) is 8.07. The van der Waals surface area contributed by atoms with Crippen LogP contribution in [0.5, 0.6) is 0 Å². The van der Waals surface area contributed by atoms with Gasteiger partial charge in [-0.1, -0.05) is 0 Å². The van der Waals surface area contributed by atoms with Gasteiger partial charge in [-0.3, -0.25) is 14.5 Å². The van der Waals surface area contributed by atoms with Crippen LogP contribution in [-0.2, 0) is 25.7 Å². The highest BCUT2D eigenvalue weighted by Crippen LogP contribution is 2.27. The summed E-state index contributed by atoms with van der Waals surface area (Å²) in [5.74, 6) is -1.25. The van der Waals surface area contributed by atoms with Crippen LogP contribution in [0, 0.1) is 0 Å². The van der Waals surface area contributed by atoms with Gasteiger partial charge < -0.3 is 4.98 Å². The van der Waals surface area contributed by atoms with Crippen LogP contribution in [-0.4, -0.2) is 27.2 Å². The molecule has 0 aromatic carbocycles. The molecule has 9 heteroatoms. The topological polar surface area (TPSA) is 66.1 Å². The van der Waals surface area contributed by atoms with E-state index in [4.69, 9.17) is 0 Å². The van der Waals surface area contributed by atoms with E-state index >= 15 is 0 Å². The molecule has 24 heavy (non-hydrogen) atoms. The van der Waals surface area contributed by atoms with Crippen LogP contribution < -0.4 is 5.56 Å². The minimum absolute atomic E-state index is 0.00411. The SMILES string of the molecule is CC(=O)c1ccc(CN2CCc3nc(C(F)(F)F)[nH]c(=O)c3C2)s1. The van der Waals surface area contributed by atoms with E-state index in [1.165, 1.54) is 18.3 Å². The third-order valence-electron chi connectivity index (χ3n) is 3.80. The Balaban J connectivity index is 1.79. The van der Waals surface area contributed by atoms with Gasteiger partial charge in [-0.25, -0.2) is 4.98 Å². The standard InChI is InChI=1S/C15H14F3N3O2S/c1-8(22)12-3-2-9(24-12)6-21-5-4-11-10(7-21)13(23)20-14(19-11)15(16,17)18/h2-3H,4-7H2,1H3,(H,19,20,23). The summed E-state index contributed by atoms with van der Waals surface area (Å²) in [7, 11) is 0. The van der Waals surface area contributed by atoms with Gasteiger partial charge in [-0.15, -0.1) is 11.3 Å². The number of fused-ring (bicyclic) bond motifs is 1. The number of aromatic amines is 1. The summed E-state index contributed by atoms with van der Waals surface area (Å²) in [5, 5.41) is 0. The van der Waals surface area contributed by atoms with E-state index in [9.17, 15) is 22.8 Å². The molecular formula is C15H14F3N3O2S. The van der Waals surface area contributed by atoms with Crippen LogP contribution in [0.2, 0.25) is 0 Å². The molecule has 0 atom stereocenters. The van der Waals surface area contributed by atoms with Crippen molar-refractivity contribution in [1.29, 1.82) is 0 Å². The molecule has 1 aliphatic rings. The van der Waals surface area contributed by atoms with Gasteiger partial charge >= 0.3 is 6.18 Å². The zero-order valence-corrected chi connectivity index (χ0v) is 13.6. The molecule has 0 saturated carbocycles. The Kier molecular flexibility index (Phi) is 4.31. The van der Waals surface area contributed by atoms with Crippen molar-refractivity contribution in [2.24, 2.45) is 0 Å². The molecule has 1 aliphatic heterocycles. The largest absolute Gasteiger partial charge is 0.449 e. The number of halogens is 3. The third kappa shape index (κ3) is 3.41. The zero-order chi connectivity index (χ0) is 17.5. The molecule has 128 valence electrons. The summed E-state index contributed by atoms with van der Waals surface area (Å²) < 4.78 is 38.1. The Morgan fingerprint density at radius 1 is 1.42 bits per heavy atom. The Labute approximate surface area is 139 Å². The van der Waals surface area contributed by atoms with Gasteiger partial charge in [-0.05, 0) is 19.1 Å². The van der Waals surface area contributed by atoms with E-state index in [2.05, 4.69) is 4.98 Å². The molecule has 5 nitrogen and oxygen atoms in total. The molecule has 0 aliphatic carbocycles. The van der Waals surface area contributed by atoms with Crippen molar-refractivity contribution >= 4 is 17.1 Å². The summed E-state index contributed by atoms with van der Waals surface area (Å²) in [6.45, 7) is 2.78. The Hall–Kier alpha value is -2.00. The van der Waals surface area contributed by atoms with Crippen molar-refractivity contribution in [3.05, 3.63) is 49.3 Å². The van der Waals surface area contributed by atoms with Gasteiger partial charge in [0.2, 0.25) is 5.82 Å². The predicted octanol–water partition coefficient (Wildman–Crippen LogP) is 2.61. The van der Waals surface area contributed by atoms with Crippen molar-refractivity contribution in [3.63, 3.8) is 0 Å². The van der Waals surface area contributed by atoms with Crippen molar-refractivity contribution in [2.45, 2.75) is 32.6 Å². The fraction of sp³-hybridized carbons (Fsp3) is 0.400. The summed E-state index contributed by atoms with van der Waals surface area (Å²) in [5.41, 5.74) is -0.261. The number of H-pyrrole nitrogens is 1. The molecule has 0 unspecified atom stereocenters. The lowest BCUT2D eigenvalue weighted by Gasteiger charge is -2.27. The number of thiophene rings is 1. The zero-order valence-electron chi connectivity index (χ0n) is 12.7. The van der Waals surface area contributed by atoms with Crippen LogP contribution in [0.15, 0.2) is 16.9 Å². The molecule has 2 aromatic rings. The number of ketones is 1. The average molecular weight is 357 g/mol. The second kappa shape index (κ2) is 6.14. The fourth-order valence-corrected chi connectivity index (χ4v) is 3.57. The number of carbonyl (C=O) groups is 1. The third-order valence-corrected chi connectivity index (χ3v) is 4.98. The lowest BCUT2D eigenvalue weighted by Crippen LogP contribution is -2.36. The number of hydrogen-bond donors (Lipinski definition) is 1. The van der Waals surface area contributed by atoms with Gasteiger partial charge in [0.25, 0.3) is 5.56 Å². The Morgan fingerprint density at radius 3 is 2.79 bits per heavy atom. The highest BCUT2D eigenvalue weighted by atomic mass is 32.1. The van der Waals surface area contributed by atoms with E-state index in [0.717, 1.165) is 4.88 Å². The molecule has 0 bridgehead atoms. The first kappa shape index (κ1) is 16.8. The summed E-state index contributed by atoms with van der Waals surface area (Å²) in [6, 6.07) is 3.61. The minimum Gasteiger partial charge on any atom is -0.303 e. The quantitative estimate of drug-likeness (QED) is 0.858. The summed E-state index contributed by atoms with van der Waals surface area (Å²) in [4.78, 5) is 32.3. The normalized spacial score (nSPS) is 15.3. The molecule has 0 fully saturated rings. The number of alkyl halides is 3. The second-order valence-corrected chi connectivity index (χ2v) is 6.79. The van der Waals surface area contributed by atoms with Crippen molar-refractivity contribution < 1.29 is 18.0 Å². The van der Waals surface area contributed by atoms with Crippen LogP contribution in [0.4, 0.5) is 13.2 Å². The number of nitrogens with zero attached hydrogens (tertiary/aromatic N) is 2. The summed E-state index contributed by atoms with van der Waals surface area (Å²) in [6.07, 6.45) is -4.38. The number of Topliss-reactive ketones (excluding diaryl/α,β-unsaturated/α-hetero) is 1. The molecule has 3 rings (SSSR count). The Bertz CT molecular complexity index is 841.